The molecule has 0 fully saturated rings. The van der Waals surface area contributed by atoms with Gasteiger partial charge < -0.3 is 0 Å². The zero-order valence-corrected chi connectivity index (χ0v) is 16.1. The quantitative estimate of drug-likeness (QED) is 0.552. The molecule has 2 heterocycles. The highest BCUT2D eigenvalue weighted by Gasteiger charge is 2.14. The average molecular weight is 411 g/mol. The normalized spacial score (nSPS) is 11.5. The summed E-state index contributed by atoms with van der Waals surface area (Å²) in [4.78, 5) is 4.11. The van der Waals surface area contributed by atoms with Crippen molar-refractivity contribution in [3.8, 4) is 28.2 Å². The van der Waals surface area contributed by atoms with Gasteiger partial charge in [-0.15, -0.1) is 0 Å². The minimum Gasteiger partial charge on any atom is -0.265 e. The van der Waals surface area contributed by atoms with Crippen molar-refractivity contribution in [2.75, 3.05) is 0 Å². The number of halogens is 1. The van der Waals surface area contributed by atoms with Crippen LogP contribution in [-0.2, 0) is 10.0 Å². The maximum atomic E-state index is 11.5. The van der Waals surface area contributed by atoms with Crippen molar-refractivity contribution >= 4 is 21.6 Å². The molecule has 6 nitrogen and oxygen atoms in total. The molecule has 4 aromatic rings. The highest BCUT2D eigenvalue weighted by atomic mass is 35.5. The van der Waals surface area contributed by atoms with Crippen LogP contribution in [0, 0.1) is 0 Å². The summed E-state index contributed by atoms with van der Waals surface area (Å²) in [5.41, 5.74) is 4.16. The van der Waals surface area contributed by atoms with Crippen LogP contribution >= 0.6 is 11.6 Å². The summed E-state index contributed by atoms with van der Waals surface area (Å²) in [6, 6.07) is 19.4. The SMILES string of the molecule is NS(=O)(=O)c1ccc(-n2nc(-c3ccc(Cl)cc3)cc2-c2ccncc2)cc1. The molecule has 4 rings (SSSR count). The van der Waals surface area contributed by atoms with E-state index in [0.29, 0.717) is 10.7 Å². The van der Waals surface area contributed by atoms with Gasteiger partial charge in [-0.05, 0) is 54.6 Å². The Morgan fingerprint density at radius 3 is 2.11 bits per heavy atom. The van der Waals surface area contributed by atoms with Crippen LogP contribution in [0.15, 0.2) is 84.0 Å². The van der Waals surface area contributed by atoms with Gasteiger partial charge in [-0.25, -0.2) is 18.2 Å². The first-order chi connectivity index (χ1) is 13.4. The fourth-order valence-electron chi connectivity index (χ4n) is 2.84. The number of rotatable bonds is 4. The number of hydrogen-bond donors (Lipinski definition) is 1. The van der Waals surface area contributed by atoms with Crippen molar-refractivity contribution in [2.45, 2.75) is 4.90 Å². The van der Waals surface area contributed by atoms with Crippen LogP contribution in [0.2, 0.25) is 5.02 Å². The largest absolute Gasteiger partial charge is 0.265 e. The van der Waals surface area contributed by atoms with Crippen molar-refractivity contribution in [3.63, 3.8) is 0 Å². The molecule has 2 aromatic carbocycles. The van der Waals surface area contributed by atoms with Crippen LogP contribution < -0.4 is 5.14 Å². The third-order valence-corrected chi connectivity index (χ3v) is 5.42. The minimum atomic E-state index is -3.76. The van der Waals surface area contributed by atoms with Gasteiger partial charge in [0.2, 0.25) is 10.0 Å². The van der Waals surface area contributed by atoms with Crippen molar-refractivity contribution < 1.29 is 8.42 Å². The summed E-state index contributed by atoms with van der Waals surface area (Å²) in [5.74, 6) is 0. The third-order valence-electron chi connectivity index (χ3n) is 4.24. The topological polar surface area (TPSA) is 90.9 Å². The second-order valence-electron chi connectivity index (χ2n) is 6.11. The molecule has 140 valence electrons. The van der Waals surface area contributed by atoms with E-state index in [1.807, 2.05) is 42.5 Å². The lowest BCUT2D eigenvalue weighted by atomic mass is 10.1. The molecule has 2 N–H and O–H groups in total. The third kappa shape index (κ3) is 3.68. The maximum Gasteiger partial charge on any atom is 0.238 e. The lowest BCUT2D eigenvalue weighted by molar-refractivity contribution is 0.598. The van der Waals surface area contributed by atoms with E-state index < -0.39 is 10.0 Å². The Hall–Kier alpha value is -3.00. The van der Waals surface area contributed by atoms with E-state index in [4.69, 9.17) is 21.8 Å². The summed E-state index contributed by atoms with van der Waals surface area (Å²) < 4.78 is 24.8. The zero-order valence-electron chi connectivity index (χ0n) is 14.5. The summed E-state index contributed by atoms with van der Waals surface area (Å²) in [6.07, 6.45) is 3.41. The van der Waals surface area contributed by atoms with Gasteiger partial charge in [0, 0.05) is 28.5 Å². The molecule has 0 radical (unpaired) electrons. The van der Waals surface area contributed by atoms with Gasteiger partial charge in [0.05, 0.1) is 22.0 Å². The van der Waals surface area contributed by atoms with Crippen molar-refractivity contribution in [1.29, 1.82) is 0 Å². The highest BCUT2D eigenvalue weighted by Crippen LogP contribution is 2.29. The number of nitrogens with zero attached hydrogens (tertiary/aromatic N) is 3. The molecule has 0 atom stereocenters. The Labute approximate surface area is 167 Å². The maximum absolute atomic E-state index is 11.5. The molecular formula is C20H15ClN4O2S. The lowest BCUT2D eigenvalue weighted by Gasteiger charge is -2.08. The first kappa shape index (κ1) is 18.4. The highest BCUT2D eigenvalue weighted by molar-refractivity contribution is 7.89. The average Bonchev–Trinajstić information content (AvgIpc) is 3.14. The number of pyridine rings is 1. The fraction of sp³-hybridized carbons (Fsp3) is 0. The molecule has 0 unspecified atom stereocenters. The number of nitrogens with two attached hydrogens (primary N) is 1. The lowest BCUT2D eigenvalue weighted by Crippen LogP contribution is -2.12. The van der Waals surface area contributed by atoms with Gasteiger partial charge in [0.25, 0.3) is 0 Å². The van der Waals surface area contributed by atoms with Crippen molar-refractivity contribution in [3.05, 3.63) is 84.1 Å². The number of sulfonamides is 1. The standard InChI is InChI=1S/C20H15ClN4O2S/c21-16-3-1-14(2-4-16)19-13-20(15-9-11-23-12-10-15)25(24-19)17-5-7-18(8-6-17)28(22,26)27/h1-13H,(H2,22,26,27). The number of primary sulfonamides is 1. The first-order valence-electron chi connectivity index (χ1n) is 8.31. The predicted molar refractivity (Wildman–Crippen MR) is 109 cm³/mol. The van der Waals surface area contributed by atoms with Gasteiger partial charge in [0.1, 0.15) is 0 Å². The monoisotopic (exact) mass is 410 g/mol. The molecule has 0 saturated carbocycles. The molecule has 0 spiro atoms. The molecule has 0 saturated heterocycles. The van der Waals surface area contributed by atoms with Crippen LogP contribution in [0.4, 0.5) is 0 Å². The second-order valence-corrected chi connectivity index (χ2v) is 8.11. The van der Waals surface area contributed by atoms with E-state index in [-0.39, 0.29) is 4.90 Å². The van der Waals surface area contributed by atoms with Crippen molar-refractivity contribution in [2.24, 2.45) is 5.14 Å². The van der Waals surface area contributed by atoms with Gasteiger partial charge in [-0.2, -0.15) is 5.10 Å². The predicted octanol–water partition coefficient (Wildman–Crippen LogP) is 3.90. The van der Waals surface area contributed by atoms with Gasteiger partial charge in [-0.1, -0.05) is 23.7 Å². The zero-order chi connectivity index (χ0) is 19.7. The number of aromatic nitrogens is 3. The summed E-state index contributed by atoms with van der Waals surface area (Å²) in [7, 11) is -3.76. The van der Waals surface area contributed by atoms with Gasteiger partial charge in [-0.3, -0.25) is 4.98 Å². The van der Waals surface area contributed by atoms with E-state index in [0.717, 1.165) is 22.5 Å². The Morgan fingerprint density at radius 1 is 0.857 bits per heavy atom. The van der Waals surface area contributed by atoms with E-state index in [1.54, 1.807) is 29.2 Å². The van der Waals surface area contributed by atoms with Crippen LogP contribution in [0.1, 0.15) is 0 Å². The Bertz CT molecular complexity index is 1220. The first-order valence-corrected chi connectivity index (χ1v) is 10.2. The van der Waals surface area contributed by atoms with E-state index in [1.165, 1.54) is 12.1 Å². The molecule has 2 aromatic heterocycles. The second kappa shape index (κ2) is 7.20. The summed E-state index contributed by atoms with van der Waals surface area (Å²) in [6.45, 7) is 0. The smallest absolute Gasteiger partial charge is 0.238 e. The van der Waals surface area contributed by atoms with Crippen LogP contribution in [0.25, 0.3) is 28.2 Å². The van der Waals surface area contributed by atoms with E-state index in [2.05, 4.69) is 4.98 Å². The van der Waals surface area contributed by atoms with Gasteiger partial charge >= 0.3 is 0 Å². The van der Waals surface area contributed by atoms with Gasteiger partial charge in [0.15, 0.2) is 0 Å². The number of benzene rings is 2. The van der Waals surface area contributed by atoms with Crippen LogP contribution in [0.5, 0.6) is 0 Å². The Morgan fingerprint density at radius 2 is 1.50 bits per heavy atom. The van der Waals surface area contributed by atoms with E-state index in [9.17, 15) is 8.42 Å². The molecule has 0 bridgehead atoms. The van der Waals surface area contributed by atoms with Crippen molar-refractivity contribution in [1.82, 2.24) is 14.8 Å². The summed E-state index contributed by atoms with van der Waals surface area (Å²) in [5, 5.41) is 10.6. The molecule has 0 aliphatic carbocycles. The van der Waals surface area contributed by atoms with E-state index >= 15 is 0 Å². The molecule has 0 aliphatic heterocycles. The molecular weight excluding hydrogens is 396 g/mol. The molecule has 0 aliphatic rings. The Balaban J connectivity index is 1.86. The number of hydrogen-bond acceptors (Lipinski definition) is 4. The molecule has 8 heteroatoms. The fourth-order valence-corrected chi connectivity index (χ4v) is 3.49. The molecule has 28 heavy (non-hydrogen) atoms. The van der Waals surface area contributed by atoms with Crippen LogP contribution in [0.3, 0.4) is 0 Å². The summed E-state index contributed by atoms with van der Waals surface area (Å²) >= 11 is 5.99. The minimum absolute atomic E-state index is 0.0480. The molecule has 0 amide bonds. The Kier molecular flexibility index (Phi) is 4.72. The van der Waals surface area contributed by atoms with Crippen LogP contribution in [-0.4, -0.2) is 23.2 Å².